The van der Waals surface area contributed by atoms with Gasteiger partial charge >= 0.3 is 0 Å². The standard InChI is InChI=1S/C32H36N6O6S/c1-20(39)35-11-12-43-19-32-14-26(31(42)36-16-25-13-22(18-45-25)29(33)34)38(27(32)15-32)28(40)17-37-30(41)21-7-9-24(10-8-21)44-23-5-3-2-4-6-23/h2-10,13,18,26-27H,11-12,14-17,19H2,1H3,(H3,33,34)(H,35,39)(H,36,42)(H,37,41)/t26-,27-,32+/m0/s1. The summed E-state index contributed by atoms with van der Waals surface area (Å²) >= 11 is 1.38. The van der Waals surface area contributed by atoms with Crippen molar-refractivity contribution in [3.05, 3.63) is 82.0 Å². The number of nitrogens with two attached hydrogens (primary N) is 1. The van der Waals surface area contributed by atoms with Gasteiger partial charge in [-0.1, -0.05) is 18.2 Å². The monoisotopic (exact) mass is 632 g/mol. The van der Waals surface area contributed by atoms with Gasteiger partial charge in [0.25, 0.3) is 5.91 Å². The second-order valence-electron chi connectivity index (χ2n) is 11.2. The van der Waals surface area contributed by atoms with Gasteiger partial charge in [-0.3, -0.25) is 24.6 Å². The van der Waals surface area contributed by atoms with Crippen LogP contribution in [0.15, 0.2) is 66.0 Å². The van der Waals surface area contributed by atoms with E-state index in [9.17, 15) is 19.2 Å². The Labute approximate surface area is 264 Å². The molecular weight excluding hydrogens is 596 g/mol. The van der Waals surface area contributed by atoms with Gasteiger partial charge in [0, 0.05) is 46.3 Å². The zero-order chi connectivity index (χ0) is 32.0. The van der Waals surface area contributed by atoms with E-state index in [1.807, 2.05) is 30.3 Å². The molecule has 2 fully saturated rings. The zero-order valence-electron chi connectivity index (χ0n) is 24.8. The molecule has 1 aliphatic carbocycles. The lowest BCUT2D eigenvalue weighted by atomic mass is 10.00. The first-order valence-corrected chi connectivity index (χ1v) is 15.5. The molecule has 1 saturated heterocycles. The van der Waals surface area contributed by atoms with Crippen LogP contribution in [0, 0.1) is 10.8 Å². The second-order valence-corrected chi connectivity index (χ2v) is 12.2. The molecule has 1 aromatic heterocycles. The maximum atomic E-state index is 13.5. The Hall–Kier alpha value is -4.75. The lowest BCUT2D eigenvalue weighted by Crippen LogP contribution is -2.50. The topological polar surface area (TPSA) is 176 Å². The number of ether oxygens (including phenoxy) is 2. The van der Waals surface area contributed by atoms with E-state index in [-0.39, 0.29) is 48.1 Å². The molecule has 2 aromatic carbocycles. The van der Waals surface area contributed by atoms with Gasteiger partial charge in [-0.2, -0.15) is 0 Å². The van der Waals surface area contributed by atoms with Crippen molar-refractivity contribution in [1.82, 2.24) is 20.9 Å². The highest BCUT2D eigenvalue weighted by molar-refractivity contribution is 7.10. The van der Waals surface area contributed by atoms with E-state index in [1.54, 1.807) is 40.6 Å². The fourth-order valence-electron chi connectivity index (χ4n) is 5.55. The molecule has 2 aliphatic rings. The Bertz CT molecular complexity index is 1560. The number of nitrogens with one attached hydrogen (secondary N) is 4. The highest BCUT2D eigenvalue weighted by atomic mass is 32.1. The Morgan fingerprint density at radius 3 is 2.42 bits per heavy atom. The molecule has 3 atom stereocenters. The van der Waals surface area contributed by atoms with E-state index in [0.29, 0.717) is 55.2 Å². The number of nitrogen functional groups attached to an aromatic ring is 1. The largest absolute Gasteiger partial charge is 0.457 e. The summed E-state index contributed by atoms with van der Waals surface area (Å²) < 4.78 is 11.6. The maximum Gasteiger partial charge on any atom is 0.251 e. The molecule has 1 aliphatic heterocycles. The first-order chi connectivity index (χ1) is 21.6. The van der Waals surface area contributed by atoms with E-state index in [2.05, 4.69) is 16.0 Å². The minimum absolute atomic E-state index is 0.0459. The molecule has 0 spiro atoms. The highest BCUT2D eigenvalue weighted by Gasteiger charge is 2.67. The van der Waals surface area contributed by atoms with Gasteiger partial charge in [-0.15, -0.1) is 11.3 Å². The van der Waals surface area contributed by atoms with Gasteiger partial charge in [0.05, 0.1) is 26.3 Å². The number of hydrogen-bond acceptors (Lipinski definition) is 8. The van der Waals surface area contributed by atoms with Crippen molar-refractivity contribution in [2.24, 2.45) is 11.1 Å². The molecule has 236 valence electrons. The van der Waals surface area contributed by atoms with Crippen molar-refractivity contribution in [3.63, 3.8) is 0 Å². The molecule has 0 unspecified atom stereocenters. The summed E-state index contributed by atoms with van der Waals surface area (Å²) in [4.78, 5) is 53.4. The molecule has 0 bridgehead atoms. The average Bonchev–Trinajstić information content (AvgIpc) is 3.34. The number of hydrogen-bond donors (Lipinski definition) is 5. The third-order valence-electron chi connectivity index (χ3n) is 7.92. The Kier molecular flexibility index (Phi) is 9.79. The molecule has 45 heavy (non-hydrogen) atoms. The summed E-state index contributed by atoms with van der Waals surface area (Å²) in [5.41, 5.74) is 6.15. The average molecular weight is 633 g/mol. The van der Waals surface area contributed by atoms with Gasteiger partial charge in [0.15, 0.2) is 0 Å². The number of carbonyl (C=O) groups excluding carboxylic acids is 4. The van der Waals surface area contributed by atoms with E-state index in [4.69, 9.17) is 20.6 Å². The zero-order valence-corrected chi connectivity index (χ0v) is 25.7. The Balaban J connectivity index is 1.19. The van der Waals surface area contributed by atoms with Gasteiger partial charge in [-0.25, -0.2) is 0 Å². The minimum atomic E-state index is -0.728. The number of piperidine rings is 1. The van der Waals surface area contributed by atoms with Crippen LogP contribution >= 0.6 is 11.3 Å². The SMILES string of the molecule is CC(=O)NCCOC[C@@]12C[C@@H]1N(C(=O)CNC(=O)c1ccc(Oc3ccccc3)cc1)[C@H](C(=O)NCc1cc(C(=N)N)cs1)C2. The van der Waals surface area contributed by atoms with E-state index < -0.39 is 11.9 Å². The van der Waals surface area contributed by atoms with Crippen molar-refractivity contribution in [2.45, 2.75) is 38.4 Å². The van der Waals surface area contributed by atoms with E-state index >= 15 is 0 Å². The minimum Gasteiger partial charge on any atom is -0.457 e. The maximum absolute atomic E-state index is 13.5. The van der Waals surface area contributed by atoms with E-state index in [0.717, 1.165) is 4.88 Å². The van der Waals surface area contributed by atoms with Gasteiger partial charge in [0.2, 0.25) is 17.7 Å². The summed E-state index contributed by atoms with van der Waals surface area (Å²) in [5, 5.41) is 17.6. The van der Waals surface area contributed by atoms with Crippen molar-refractivity contribution in [1.29, 1.82) is 5.41 Å². The summed E-state index contributed by atoms with van der Waals surface area (Å²) in [6.07, 6.45) is 1.11. The predicted molar refractivity (Wildman–Crippen MR) is 168 cm³/mol. The van der Waals surface area contributed by atoms with Crippen LogP contribution < -0.4 is 26.4 Å². The smallest absolute Gasteiger partial charge is 0.251 e. The number of benzene rings is 2. The van der Waals surface area contributed by atoms with Crippen LogP contribution in [0.1, 0.15) is 40.6 Å². The number of carbonyl (C=O) groups is 4. The molecule has 1 saturated carbocycles. The third kappa shape index (κ3) is 7.86. The Morgan fingerprint density at radius 2 is 1.73 bits per heavy atom. The number of thiophene rings is 1. The number of likely N-dealkylation sites (tertiary alicyclic amines) is 1. The quantitative estimate of drug-likeness (QED) is 0.103. The third-order valence-corrected chi connectivity index (χ3v) is 8.85. The van der Waals surface area contributed by atoms with Gasteiger partial charge in [0.1, 0.15) is 23.4 Å². The summed E-state index contributed by atoms with van der Waals surface area (Å²) in [7, 11) is 0. The van der Waals surface area contributed by atoms with Crippen molar-refractivity contribution in [2.75, 3.05) is 26.3 Å². The molecule has 13 heteroatoms. The summed E-state index contributed by atoms with van der Waals surface area (Å²) in [6, 6.07) is 16.7. The second kappa shape index (κ2) is 13.9. The highest BCUT2D eigenvalue weighted by Crippen LogP contribution is 2.59. The number of amidine groups is 1. The molecular formula is C32H36N6O6S. The molecule has 4 amide bonds. The van der Waals surface area contributed by atoms with Gasteiger partial charge in [-0.05, 0) is 55.3 Å². The molecule has 2 heterocycles. The number of para-hydroxylation sites is 1. The first kappa shape index (κ1) is 31.7. The normalized spacial score (nSPS) is 19.7. The number of nitrogens with zero attached hydrogens (tertiary/aromatic N) is 1. The lowest BCUT2D eigenvalue weighted by molar-refractivity contribution is -0.139. The first-order valence-electron chi connectivity index (χ1n) is 14.6. The van der Waals surface area contributed by atoms with Crippen LogP contribution in [0.2, 0.25) is 0 Å². The Morgan fingerprint density at radius 1 is 1.00 bits per heavy atom. The number of rotatable bonds is 14. The molecule has 0 radical (unpaired) electrons. The van der Waals surface area contributed by atoms with Crippen LogP contribution in [0.5, 0.6) is 11.5 Å². The van der Waals surface area contributed by atoms with E-state index in [1.165, 1.54) is 18.3 Å². The van der Waals surface area contributed by atoms with Crippen LogP contribution in [-0.4, -0.2) is 72.8 Å². The lowest BCUT2D eigenvalue weighted by Gasteiger charge is -2.27. The van der Waals surface area contributed by atoms with Crippen molar-refractivity contribution >= 4 is 40.8 Å². The molecule has 3 aromatic rings. The summed E-state index contributed by atoms with van der Waals surface area (Å²) in [5.74, 6) is -0.0155. The fourth-order valence-corrected chi connectivity index (χ4v) is 6.37. The number of amides is 4. The molecule has 12 nitrogen and oxygen atoms in total. The molecule has 6 N–H and O–H groups in total. The van der Waals surface area contributed by atoms with Crippen molar-refractivity contribution < 1.29 is 28.7 Å². The fraction of sp³-hybridized carbons (Fsp3) is 0.344. The van der Waals surface area contributed by atoms with Crippen LogP contribution in [0.25, 0.3) is 0 Å². The summed E-state index contributed by atoms with van der Waals surface area (Å²) in [6.45, 7) is 2.44. The van der Waals surface area contributed by atoms with Gasteiger partial charge < -0.3 is 36.1 Å². The predicted octanol–water partition coefficient (Wildman–Crippen LogP) is 2.38. The number of fused-ring (bicyclic) bond motifs is 1. The van der Waals surface area contributed by atoms with Crippen LogP contribution in [0.3, 0.4) is 0 Å². The van der Waals surface area contributed by atoms with Crippen molar-refractivity contribution in [3.8, 4) is 11.5 Å². The molecule has 5 rings (SSSR count). The van der Waals surface area contributed by atoms with Crippen LogP contribution in [-0.2, 0) is 25.7 Å². The van der Waals surface area contributed by atoms with Crippen LogP contribution in [0.4, 0.5) is 0 Å².